The van der Waals surface area contributed by atoms with Gasteiger partial charge in [0.15, 0.2) is 6.10 Å². The standard InChI is InChI=1S/C11H11NO6/c13-5-1-2-7-3-4-8(10(14)11(15)16)9(6-7)12(17)18/h3-6,10,14H,1-2H2,(H,15,16). The van der Waals surface area contributed by atoms with Crippen molar-refractivity contribution in [1.82, 2.24) is 0 Å². The van der Waals surface area contributed by atoms with Gasteiger partial charge in [0.25, 0.3) is 5.69 Å². The molecule has 0 bridgehead atoms. The van der Waals surface area contributed by atoms with Crippen molar-refractivity contribution in [3.05, 3.63) is 39.4 Å². The third-order valence-electron chi connectivity index (χ3n) is 2.37. The van der Waals surface area contributed by atoms with Crippen LogP contribution in [0.1, 0.15) is 23.7 Å². The van der Waals surface area contributed by atoms with Crippen molar-refractivity contribution >= 4 is 17.9 Å². The molecule has 0 spiro atoms. The number of aliphatic hydroxyl groups excluding tert-OH is 1. The highest BCUT2D eigenvalue weighted by molar-refractivity contribution is 5.76. The maximum absolute atomic E-state index is 10.8. The van der Waals surface area contributed by atoms with Gasteiger partial charge in [0.2, 0.25) is 0 Å². The van der Waals surface area contributed by atoms with E-state index in [4.69, 9.17) is 5.11 Å². The lowest BCUT2D eigenvalue weighted by Crippen LogP contribution is -2.12. The molecule has 0 aliphatic heterocycles. The fourth-order valence-electron chi connectivity index (χ4n) is 1.49. The fraction of sp³-hybridized carbons (Fsp3) is 0.273. The van der Waals surface area contributed by atoms with Gasteiger partial charge in [0.1, 0.15) is 6.29 Å². The Morgan fingerprint density at radius 1 is 1.50 bits per heavy atom. The summed E-state index contributed by atoms with van der Waals surface area (Å²) in [5.74, 6) is -1.56. The van der Waals surface area contributed by atoms with Gasteiger partial charge in [-0.25, -0.2) is 4.79 Å². The quantitative estimate of drug-likeness (QED) is 0.440. The number of hydrogen-bond acceptors (Lipinski definition) is 5. The van der Waals surface area contributed by atoms with Gasteiger partial charge in [0.05, 0.1) is 10.5 Å². The number of benzene rings is 1. The lowest BCUT2D eigenvalue weighted by Gasteiger charge is -2.08. The van der Waals surface area contributed by atoms with Crippen LogP contribution in [0.3, 0.4) is 0 Å². The molecular weight excluding hydrogens is 242 g/mol. The van der Waals surface area contributed by atoms with Gasteiger partial charge >= 0.3 is 5.97 Å². The van der Waals surface area contributed by atoms with Crippen molar-refractivity contribution in [1.29, 1.82) is 0 Å². The Balaban J connectivity index is 3.16. The first-order valence-electron chi connectivity index (χ1n) is 5.09. The van der Waals surface area contributed by atoms with Crippen molar-refractivity contribution < 1.29 is 24.7 Å². The predicted molar refractivity (Wildman–Crippen MR) is 60.1 cm³/mol. The molecule has 7 nitrogen and oxygen atoms in total. The Bertz CT molecular complexity index is 484. The summed E-state index contributed by atoms with van der Waals surface area (Å²) in [5, 5.41) is 28.8. The number of aryl methyl sites for hydroxylation is 1. The van der Waals surface area contributed by atoms with Crippen molar-refractivity contribution in [3.8, 4) is 0 Å². The lowest BCUT2D eigenvalue weighted by atomic mass is 10.0. The second-order valence-electron chi connectivity index (χ2n) is 3.60. The molecule has 1 rings (SSSR count). The number of carbonyl (C=O) groups excluding carboxylic acids is 1. The zero-order valence-electron chi connectivity index (χ0n) is 9.28. The van der Waals surface area contributed by atoms with E-state index in [9.17, 15) is 24.8 Å². The number of aliphatic hydroxyl groups is 1. The topological polar surface area (TPSA) is 118 Å². The van der Waals surface area contributed by atoms with Crippen LogP contribution in [-0.2, 0) is 16.0 Å². The first kappa shape index (κ1) is 13.8. The van der Waals surface area contributed by atoms with Crippen LogP contribution in [0.15, 0.2) is 18.2 Å². The van der Waals surface area contributed by atoms with Crippen LogP contribution in [-0.4, -0.2) is 27.4 Å². The number of carboxylic acid groups (broad SMARTS) is 1. The Morgan fingerprint density at radius 2 is 2.17 bits per heavy atom. The molecule has 1 aromatic rings. The summed E-state index contributed by atoms with van der Waals surface area (Å²) in [6.45, 7) is 0. The second-order valence-corrected chi connectivity index (χ2v) is 3.60. The minimum absolute atomic E-state index is 0.220. The van der Waals surface area contributed by atoms with Gasteiger partial charge in [-0.15, -0.1) is 0 Å². The summed E-state index contributed by atoms with van der Waals surface area (Å²) in [6, 6.07) is 3.82. The zero-order valence-corrected chi connectivity index (χ0v) is 9.28. The van der Waals surface area contributed by atoms with E-state index in [-0.39, 0.29) is 12.0 Å². The summed E-state index contributed by atoms with van der Waals surface area (Å²) in [6.07, 6.45) is -0.706. The molecule has 0 fully saturated rings. The number of rotatable bonds is 6. The Hall–Kier alpha value is -2.28. The number of carboxylic acids is 1. The van der Waals surface area contributed by atoms with E-state index in [0.717, 1.165) is 0 Å². The summed E-state index contributed by atoms with van der Waals surface area (Å²) in [7, 11) is 0. The summed E-state index contributed by atoms with van der Waals surface area (Å²) in [4.78, 5) is 30.9. The number of aliphatic carboxylic acids is 1. The first-order valence-corrected chi connectivity index (χ1v) is 5.09. The summed E-state index contributed by atoms with van der Waals surface area (Å²) in [5.41, 5.74) is -0.203. The molecule has 18 heavy (non-hydrogen) atoms. The number of hydrogen-bond donors (Lipinski definition) is 2. The van der Waals surface area contributed by atoms with Gasteiger partial charge in [-0.05, 0) is 18.1 Å². The van der Waals surface area contributed by atoms with Gasteiger partial charge in [0, 0.05) is 12.5 Å². The van der Waals surface area contributed by atoms with Crippen LogP contribution < -0.4 is 0 Å². The number of aldehydes is 1. The third-order valence-corrected chi connectivity index (χ3v) is 2.37. The van der Waals surface area contributed by atoms with E-state index in [1.807, 2.05) is 0 Å². The molecule has 0 aromatic heterocycles. The van der Waals surface area contributed by atoms with Gasteiger partial charge in [-0.2, -0.15) is 0 Å². The van der Waals surface area contributed by atoms with Crippen molar-refractivity contribution in [2.24, 2.45) is 0 Å². The molecule has 0 aliphatic carbocycles. The smallest absolute Gasteiger partial charge is 0.337 e. The highest BCUT2D eigenvalue weighted by atomic mass is 16.6. The Labute approximate surface area is 102 Å². The average Bonchev–Trinajstić information content (AvgIpc) is 2.34. The van der Waals surface area contributed by atoms with Gasteiger partial charge in [-0.1, -0.05) is 6.07 Å². The van der Waals surface area contributed by atoms with E-state index in [2.05, 4.69) is 0 Å². The number of nitrogens with zero attached hydrogens (tertiary/aromatic N) is 1. The molecule has 0 heterocycles. The molecule has 0 saturated heterocycles. The molecule has 0 radical (unpaired) electrons. The third kappa shape index (κ3) is 3.11. The second kappa shape index (κ2) is 5.87. The van der Waals surface area contributed by atoms with Crippen LogP contribution in [0.4, 0.5) is 5.69 Å². The monoisotopic (exact) mass is 253 g/mol. The Morgan fingerprint density at radius 3 is 2.67 bits per heavy atom. The van der Waals surface area contributed by atoms with Gasteiger partial charge < -0.3 is 15.0 Å². The minimum Gasteiger partial charge on any atom is -0.479 e. The number of nitro groups is 1. The van der Waals surface area contributed by atoms with E-state index in [0.29, 0.717) is 18.3 Å². The summed E-state index contributed by atoms with van der Waals surface area (Å²) >= 11 is 0. The van der Waals surface area contributed by atoms with E-state index < -0.39 is 22.7 Å². The van der Waals surface area contributed by atoms with Crippen molar-refractivity contribution in [3.63, 3.8) is 0 Å². The normalized spacial score (nSPS) is 11.8. The van der Waals surface area contributed by atoms with Crippen molar-refractivity contribution in [2.75, 3.05) is 0 Å². The highest BCUT2D eigenvalue weighted by Gasteiger charge is 2.25. The minimum atomic E-state index is -1.94. The summed E-state index contributed by atoms with van der Waals surface area (Å²) < 4.78 is 0. The first-order chi connectivity index (χ1) is 8.47. The maximum atomic E-state index is 10.8. The van der Waals surface area contributed by atoms with Crippen molar-refractivity contribution in [2.45, 2.75) is 18.9 Å². The van der Waals surface area contributed by atoms with Crippen LogP contribution in [0.25, 0.3) is 0 Å². The number of carbonyl (C=O) groups is 2. The molecule has 96 valence electrons. The fourth-order valence-corrected chi connectivity index (χ4v) is 1.49. The lowest BCUT2D eigenvalue weighted by molar-refractivity contribution is -0.386. The van der Waals surface area contributed by atoms with E-state index in [1.54, 1.807) is 0 Å². The molecule has 1 atom stereocenters. The molecule has 1 unspecified atom stereocenters. The Kier molecular flexibility index (Phi) is 4.50. The van der Waals surface area contributed by atoms with Crippen LogP contribution in [0, 0.1) is 10.1 Å². The number of nitro benzene ring substituents is 1. The largest absolute Gasteiger partial charge is 0.479 e. The zero-order chi connectivity index (χ0) is 13.7. The molecule has 0 amide bonds. The average molecular weight is 253 g/mol. The van der Waals surface area contributed by atoms with E-state index >= 15 is 0 Å². The maximum Gasteiger partial charge on any atom is 0.337 e. The van der Waals surface area contributed by atoms with E-state index in [1.165, 1.54) is 18.2 Å². The predicted octanol–water partition coefficient (Wildman–Crippen LogP) is 0.844. The molecular formula is C11H11NO6. The molecule has 0 saturated carbocycles. The van der Waals surface area contributed by atoms with Crippen LogP contribution in [0.2, 0.25) is 0 Å². The molecule has 7 heteroatoms. The van der Waals surface area contributed by atoms with Crippen LogP contribution >= 0.6 is 0 Å². The molecule has 1 aromatic carbocycles. The van der Waals surface area contributed by atoms with Crippen LogP contribution in [0.5, 0.6) is 0 Å². The van der Waals surface area contributed by atoms with Gasteiger partial charge in [-0.3, -0.25) is 10.1 Å². The molecule has 0 aliphatic rings. The molecule has 2 N–H and O–H groups in total. The SMILES string of the molecule is O=CCCc1ccc(C(O)C(=O)O)c([N+](=O)[O-])c1. The highest BCUT2D eigenvalue weighted by Crippen LogP contribution is 2.27.